The zero-order chi connectivity index (χ0) is 15.1. The molecule has 0 saturated heterocycles. The van der Waals surface area contributed by atoms with Gasteiger partial charge in [0.1, 0.15) is 0 Å². The Balaban J connectivity index is 0. The van der Waals surface area contributed by atoms with E-state index in [0.717, 1.165) is 19.0 Å². The number of thioether (sulfide) groups is 1. The van der Waals surface area contributed by atoms with Crippen molar-refractivity contribution in [1.82, 2.24) is 10.6 Å². The largest absolute Gasteiger partial charge is 0.379 e. The molecule has 0 aliphatic rings. The molecule has 0 saturated carbocycles. The van der Waals surface area contributed by atoms with Gasteiger partial charge in [-0.25, -0.2) is 0 Å². The molecule has 0 heterocycles. The van der Waals surface area contributed by atoms with Gasteiger partial charge in [-0.05, 0) is 25.5 Å². The first-order chi connectivity index (χ1) is 8.66. The average Bonchev–Trinajstić information content (AvgIpc) is 2.32. The summed E-state index contributed by atoms with van der Waals surface area (Å²) in [5, 5.41) is 6.68. The number of halogens is 1. The van der Waals surface area contributed by atoms with E-state index in [4.69, 9.17) is 4.74 Å². The quantitative estimate of drug-likeness (QED) is 0.396. The molecule has 0 radical (unpaired) electrons. The Kier molecular flexibility index (Phi) is 11.4. The molecule has 0 aromatic heterocycles. The number of guanidine groups is 1. The summed E-state index contributed by atoms with van der Waals surface area (Å²) in [5.41, 5.74) is 0.110. The standard InChI is InChI=1S/C14H31N3OS.HI/c1-13(2,3)11(18-7)9-16-12(15-6)17-10-14(4,5)19-8;/h11H,9-10H2,1-8H3,(H2,15,16,17);1H. The lowest BCUT2D eigenvalue weighted by molar-refractivity contribution is 0.0205. The highest BCUT2D eigenvalue weighted by molar-refractivity contribution is 14.0. The minimum atomic E-state index is 0. The number of hydrogen-bond donors (Lipinski definition) is 2. The molecule has 0 aromatic rings. The zero-order valence-electron chi connectivity index (χ0n) is 14.2. The summed E-state index contributed by atoms with van der Waals surface area (Å²) in [6.07, 6.45) is 2.28. The van der Waals surface area contributed by atoms with E-state index < -0.39 is 0 Å². The minimum absolute atomic E-state index is 0. The van der Waals surface area contributed by atoms with Crippen LogP contribution in [0, 0.1) is 5.41 Å². The van der Waals surface area contributed by atoms with Crippen LogP contribution in [-0.4, -0.2) is 50.3 Å². The van der Waals surface area contributed by atoms with Crippen molar-refractivity contribution in [2.24, 2.45) is 10.4 Å². The maximum atomic E-state index is 5.53. The van der Waals surface area contributed by atoms with Crippen molar-refractivity contribution in [3.05, 3.63) is 0 Å². The molecular formula is C14H32IN3OS. The predicted octanol–water partition coefficient (Wildman–Crippen LogP) is 2.97. The van der Waals surface area contributed by atoms with Gasteiger partial charge in [0, 0.05) is 32.0 Å². The Morgan fingerprint density at radius 3 is 2.10 bits per heavy atom. The average molecular weight is 417 g/mol. The Bertz CT molecular complexity index is 291. The van der Waals surface area contributed by atoms with Gasteiger partial charge >= 0.3 is 0 Å². The number of nitrogens with zero attached hydrogens (tertiary/aromatic N) is 1. The molecule has 6 heteroatoms. The summed E-state index contributed by atoms with van der Waals surface area (Å²) in [7, 11) is 3.55. The van der Waals surface area contributed by atoms with Crippen LogP contribution in [0.1, 0.15) is 34.6 Å². The van der Waals surface area contributed by atoms with E-state index in [1.165, 1.54) is 0 Å². The number of aliphatic imine (C=N–C) groups is 1. The molecule has 2 N–H and O–H groups in total. The van der Waals surface area contributed by atoms with Crippen molar-refractivity contribution < 1.29 is 4.74 Å². The van der Waals surface area contributed by atoms with Crippen LogP contribution in [0.5, 0.6) is 0 Å². The third-order valence-electron chi connectivity index (χ3n) is 3.16. The van der Waals surface area contributed by atoms with Gasteiger partial charge in [0.15, 0.2) is 5.96 Å². The van der Waals surface area contributed by atoms with Crippen molar-refractivity contribution in [1.29, 1.82) is 0 Å². The van der Waals surface area contributed by atoms with Gasteiger partial charge in [-0.2, -0.15) is 11.8 Å². The van der Waals surface area contributed by atoms with Gasteiger partial charge < -0.3 is 15.4 Å². The second-order valence-electron chi connectivity index (χ2n) is 6.36. The fraction of sp³-hybridized carbons (Fsp3) is 0.929. The number of rotatable bonds is 6. The summed E-state index contributed by atoms with van der Waals surface area (Å²) >= 11 is 1.84. The molecule has 0 spiro atoms. The van der Waals surface area contributed by atoms with E-state index >= 15 is 0 Å². The minimum Gasteiger partial charge on any atom is -0.379 e. The highest BCUT2D eigenvalue weighted by Gasteiger charge is 2.24. The first kappa shape index (κ1) is 22.6. The third kappa shape index (κ3) is 9.28. The molecule has 0 rings (SSSR count). The molecule has 20 heavy (non-hydrogen) atoms. The van der Waals surface area contributed by atoms with E-state index in [1.54, 1.807) is 14.2 Å². The summed E-state index contributed by atoms with van der Waals surface area (Å²) in [6.45, 7) is 12.6. The van der Waals surface area contributed by atoms with Crippen molar-refractivity contribution >= 4 is 41.7 Å². The molecule has 0 fully saturated rings. The second kappa shape index (κ2) is 10.1. The number of nitrogens with one attached hydrogen (secondary N) is 2. The molecule has 4 nitrogen and oxygen atoms in total. The monoisotopic (exact) mass is 417 g/mol. The van der Waals surface area contributed by atoms with Gasteiger partial charge in [-0.15, -0.1) is 24.0 Å². The van der Waals surface area contributed by atoms with Gasteiger partial charge in [-0.3, -0.25) is 4.99 Å². The van der Waals surface area contributed by atoms with E-state index in [2.05, 4.69) is 56.5 Å². The molecule has 1 atom stereocenters. The SMILES string of the molecule is CN=C(NCC(OC)C(C)(C)C)NCC(C)(C)SC.I. The van der Waals surface area contributed by atoms with Crippen LogP contribution in [0.15, 0.2) is 4.99 Å². The number of hydrogen-bond acceptors (Lipinski definition) is 3. The van der Waals surface area contributed by atoms with Crippen LogP contribution < -0.4 is 10.6 Å². The maximum absolute atomic E-state index is 5.53. The predicted molar refractivity (Wildman–Crippen MR) is 103 cm³/mol. The van der Waals surface area contributed by atoms with Gasteiger partial charge in [-0.1, -0.05) is 20.8 Å². The van der Waals surface area contributed by atoms with Gasteiger partial charge in [0.05, 0.1) is 6.10 Å². The Morgan fingerprint density at radius 1 is 1.20 bits per heavy atom. The van der Waals surface area contributed by atoms with Gasteiger partial charge in [0.25, 0.3) is 0 Å². The molecule has 1 unspecified atom stereocenters. The third-order valence-corrected chi connectivity index (χ3v) is 4.41. The Labute approximate surface area is 146 Å². The second-order valence-corrected chi connectivity index (χ2v) is 7.87. The highest BCUT2D eigenvalue weighted by Crippen LogP contribution is 2.21. The summed E-state index contributed by atoms with van der Waals surface area (Å²) in [5.74, 6) is 0.827. The van der Waals surface area contributed by atoms with E-state index in [9.17, 15) is 0 Å². The fourth-order valence-corrected chi connectivity index (χ4v) is 1.74. The van der Waals surface area contributed by atoms with E-state index in [1.807, 2.05) is 11.8 Å². The molecule has 0 aromatic carbocycles. The van der Waals surface area contributed by atoms with Crippen LogP contribution >= 0.6 is 35.7 Å². The molecular weight excluding hydrogens is 385 g/mol. The highest BCUT2D eigenvalue weighted by atomic mass is 127. The topological polar surface area (TPSA) is 45.7 Å². The molecule has 0 aliphatic heterocycles. The Hall–Kier alpha value is 0.310. The summed E-state index contributed by atoms with van der Waals surface area (Å²) < 4.78 is 5.72. The molecule has 122 valence electrons. The fourth-order valence-electron chi connectivity index (χ4n) is 1.52. The zero-order valence-corrected chi connectivity index (χ0v) is 17.3. The Morgan fingerprint density at radius 2 is 1.75 bits per heavy atom. The summed E-state index contributed by atoms with van der Waals surface area (Å²) in [4.78, 5) is 4.24. The molecule has 0 aliphatic carbocycles. The van der Waals surface area contributed by atoms with E-state index in [-0.39, 0.29) is 40.2 Å². The first-order valence-corrected chi connectivity index (χ1v) is 7.91. The van der Waals surface area contributed by atoms with Crippen LogP contribution in [0.3, 0.4) is 0 Å². The van der Waals surface area contributed by atoms with Crippen molar-refractivity contribution in [3.63, 3.8) is 0 Å². The van der Waals surface area contributed by atoms with Crippen molar-refractivity contribution in [3.8, 4) is 0 Å². The maximum Gasteiger partial charge on any atom is 0.191 e. The van der Waals surface area contributed by atoms with Crippen LogP contribution in [0.2, 0.25) is 0 Å². The van der Waals surface area contributed by atoms with Gasteiger partial charge in [0.2, 0.25) is 0 Å². The van der Waals surface area contributed by atoms with Crippen LogP contribution in [-0.2, 0) is 4.74 Å². The lowest BCUT2D eigenvalue weighted by atomic mass is 9.89. The summed E-state index contributed by atoms with van der Waals surface area (Å²) in [6, 6.07) is 0. The van der Waals surface area contributed by atoms with Crippen molar-refractivity contribution in [2.75, 3.05) is 33.5 Å². The normalized spacial score (nSPS) is 14.5. The van der Waals surface area contributed by atoms with Crippen LogP contribution in [0.25, 0.3) is 0 Å². The van der Waals surface area contributed by atoms with E-state index in [0.29, 0.717) is 0 Å². The molecule has 0 bridgehead atoms. The van der Waals surface area contributed by atoms with Crippen LogP contribution in [0.4, 0.5) is 0 Å². The number of methoxy groups -OCH3 is 1. The lowest BCUT2D eigenvalue weighted by Gasteiger charge is -2.30. The van der Waals surface area contributed by atoms with Crippen molar-refractivity contribution in [2.45, 2.75) is 45.5 Å². The first-order valence-electron chi connectivity index (χ1n) is 6.68. The number of ether oxygens (including phenoxy) is 1. The lowest BCUT2D eigenvalue weighted by Crippen LogP contribution is -2.47. The molecule has 0 amide bonds. The smallest absolute Gasteiger partial charge is 0.191 e.